The molecule has 1 N–H and O–H groups in total. The van der Waals surface area contributed by atoms with E-state index in [0.29, 0.717) is 5.75 Å². The number of para-hydroxylation sites is 1. The minimum absolute atomic E-state index is 0.0550. The molecule has 0 amide bonds. The van der Waals surface area contributed by atoms with E-state index in [2.05, 4.69) is 0 Å². The van der Waals surface area contributed by atoms with Crippen molar-refractivity contribution in [2.45, 2.75) is 9.90 Å². The molecule has 0 saturated heterocycles. The van der Waals surface area contributed by atoms with Gasteiger partial charge in [-0.15, -0.1) is 0 Å². The lowest BCUT2D eigenvalue weighted by atomic mass is 10.3. The summed E-state index contributed by atoms with van der Waals surface area (Å²) in [7, 11) is 0. The SMILES string of the molecule is OC(COc1ccccc1)C(Cl)(Cl)Cl. The zero-order valence-corrected chi connectivity index (χ0v) is 9.43. The van der Waals surface area contributed by atoms with Crippen LogP contribution in [0.3, 0.4) is 0 Å². The van der Waals surface area contributed by atoms with Gasteiger partial charge in [-0.1, -0.05) is 53.0 Å². The maximum absolute atomic E-state index is 9.33. The summed E-state index contributed by atoms with van der Waals surface area (Å²) in [4.78, 5) is 0. The van der Waals surface area contributed by atoms with Gasteiger partial charge in [-0.3, -0.25) is 0 Å². The molecule has 0 fully saturated rings. The van der Waals surface area contributed by atoms with Crippen LogP contribution in [0.4, 0.5) is 0 Å². The van der Waals surface area contributed by atoms with Crippen LogP contribution in [0.25, 0.3) is 0 Å². The van der Waals surface area contributed by atoms with Crippen LogP contribution in [-0.4, -0.2) is 21.6 Å². The second-order valence-corrected chi connectivity index (χ2v) is 5.05. The molecule has 0 heterocycles. The molecular weight excluding hydrogens is 246 g/mol. The van der Waals surface area contributed by atoms with E-state index in [4.69, 9.17) is 39.5 Å². The first-order valence-corrected chi connectivity index (χ1v) is 5.06. The van der Waals surface area contributed by atoms with Gasteiger partial charge in [0, 0.05) is 0 Å². The highest BCUT2D eigenvalue weighted by Gasteiger charge is 2.31. The van der Waals surface area contributed by atoms with Crippen LogP contribution in [0, 0.1) is 0 Å². The average Bonchev–Trinajstić information content (AvgIpc) is 2.14. The minimum Gasteiger partial charge on any atom is -0.491 e. The fourth-order valence-corrected chi connectivity index (χ4v) is 0.975. The van der Waals surface area contributed by atoms with Crippen molar-refractivity contribution in [3.8, 4) is 5.75 Å². The zero-order valence-electron chi connectivity index (χ0n) is 7.16. The molecule has 1 atom stereocenters. The van der Waals surface area contributed by atoms with Gasteiger partial charge in [0.15, 0.2) is 0 Å². The summed E-state index contributed by atoms with van der Waals surface area (Å²) < 4.78 is 3.48. The molecule has 78 valence electrons. The van der Waals surface area contributed by atoms with Crippen LogP contribution in [0.15, 0.2) is 30.3 Å². The number of rotatable bonds is 3. The predicted molar refractivity (Wildman–Crippen MR) is 58.2 cm³/mol. The molecule has 0 radical (unpaired) electrons. The fourth-order valence-electron chi connectivity index (χ4n) is 0.786. The Balaban J connectivity index is 2.42. The average molecular weight is 256 g/mol. The Morgan fingerprint density at radius 2 is 1.79 bits per heavy atom. The van der Waals surface area contributed by atoms with Gasteiger partial charge in [0.05, 0.1) is 0 Å². The molecule has 0 aliphatic heterocycles. The Labute approximate surface area is 97.3 Å². The molecular formula is C9H9Cl3O2. The van der Waals surface area contributed by atoms with Gasteiger partial charge >= 0.3 is 0 Å². The largest absolute Gasteiger partial charge is 0.491 e. The first-order valence-electron chi connectivity index (χ1n) is 3.93. The van der Waals surface area contributed by atoms with E-state index < -0.39 is 9.90 Å². The Hall–Kier alpha value is -0.150. The van der Waals surface area contributed by atoms with Crippen LogP contribution >= 0.6 is 34.8 Å². The standard InChI is InChI=1S/C9H9Cl3O2/c10-9(11,12)8(13)6-14-7-4-2-1-3-5-7/h1-5,8,13H,6H2. The third kappa shape index (κ3) is 3.93. The number of aliphatic hydroxyl groups excluding tert-OH is 1. The second-order valence-electron chi connectivity index (χ2n) is 2.68. The van der Waals surface area contributed by atoms with E-state index in [9.17, 15) is 5.11 Å². The summed E-state index contributed by atoms with van der Waals surface area (Å²) >= 11 is 16.4. The Morgan fingerprint density at radius 1 is 1.21 bits per heavy atom. The van der Waals surface area contributed by atoms with Crippen molar-refractivity contribution in [1.29, 1.82) is 0 Å². The van der Waals surface area contributed by atoms with Gasteiger partial charge in [-0.05, 0) is 12.1 Å². The van der Waals surface area contributed by atoms with Crippen LogP contribution in [0.5, 0.6) is 5.75 Å². The normalized spacial score (nSPS) is 13.7. The van der Waals surface area contributed by atoms with E-state index in [1.54, 1.807) is 12.1 Å². The molecule has 0 aliphatic rings. The summed E-state index contributed by atoms with van der Waals surface area (Å²) in [5.41, 5.74) is 0. The van der Waals surface area contributed by atoms with Crippen LogP contribution in [-0.2, 0) is 0 Å². The topological polar surface area (TPSA) is 29.5 Å². The van der Waals surface area contributed by atoms with E-state index in [-0.39, 0.29) is 6.61 Å². The van der Waals surface area contributed by atoms with Crippen LogP contribution in [0.1, 0.15) is 0 Å². The van der Waals surface area contributed by atoms with Crippen molar-refractivity contribution in [2.75, 3.05) is 6.61 Å². The molecule has 1 aromatic rings. The van der Waals surface area contributed by atoms with Crippen molar-refractivity contribution >= 4 is 34.8 Å². The van der Waals surface area contributed by atoms with Gasteiger partial charge in [0.25, 0.3) is 0 Å². The molecule has 0 aromatic heterocycles. The first-order chi connectivity index (χ1) is 6.50. The number of hydrogen-bond donors (Lipinski definition) is 1. The summed E-state index contributed by atoms with van der Waals surface area (Å²) in [6.45, 7) is -0.0550. The van der Waals surface area contributed by atoms with Gasteiger partial charge in [-0.25, -0.2) is 0 Å². The van der Waals surface area contributed by atoms with Crippen molar-refractivity contribution in [3.63, 3.8) is 0 Å². The maximum atomic E-state index is 9.33. The molecule has 1 aromatic carbocycles. The van der Waals surface area contributed by atoms with E-state index >= 15 is 0 Å². The molecule has 14 heavy (non-hydrogen) atoms. The summed E-state index contributed by atoms with van der Waals surface area (Å²) in [5, 5.41) is 9.33. The maximum Gasteiger partial charge on any atom is 0.219 e. The molecule has 0 saturated carbocycles. The Kier molecular flexibility index (Phi) is 4.32. The van der Waals surface area contributed by atoms with E-state index in [1.807, 2.05) is 18.2 Å². The monoisotopic (exact) mass is 254 g/mol. The molecule has 5 heteroatoms. The number of aliphatic hydroxyl groups is 1. The van der Waals surface area contributed by atoms with Crippen molar-refractivity contribution in [3.05, 3.63) is 30.3 Å². The lowest BCUT2D eigenvalue weighted by Crippen LogP contribution is -2.31. The quantitative estimate of drug-likeness (QED) is 0.842. The Bertz CT molecular complexity index is 271. The molecule has 1 rings (SSSR count). The Morgan fingerprint density at radius 3 is 2.29 bits per heavy atom. The predicted octanol–water partition coefficient (Wildman–Crippen LogP) is 2.80. The number of benzene rings is 1. The summed E-state index contributed by atoms with van der Waals surface area (Å²) in [6, 6.07) is 9.00. The molecule has 0 aliphatic carbocycles. The van der Waals surface area contributed by atoms with E-state index in [0.717, 1.165) is 0 Å². The molecule has 0 bridgehead atoms. The number of halogens is 3. The van der Waals surface area contributed by atoms with Crippen LogP contribution in [0.2, 0.25) is 0 Å². The van der Waals surface area contributed by atoms with Gasteiger partial charge in [-0.2, -0.15) is 0 Å². The number of alkyl halides is 3. The fraction of sp³-hybridized carbons (Fsp3) is 0.333. The summed E-state index contributed by atoms with van der Waals surface area (Å²) in [6.07, 6.45) is -1.15. The number of hydrogen-bond acceptors (Lipinski definition) is 2. The highest BCUT2D eigenvalue weighted by molar-refractivity contribution is 6.68. The van der Waals surface area contributed by atoms with Crippen molar-refractivity contribution in [2.24, 2.45) is 0 Å². The smallest absolute Gasteiger partial charge is 0.219 e. The van der Waals surface area contributed by atoms with Crippen molar-refractivity contribution in [1.82, 2.24) is 0 Å². The van der Waals surface area contributed by atoms with Gasteiger partial charge in [0.1, 0.15) is 18.5 Å². The van der Waals surface area contributed by atoms with Gasteiger partial charge in [0.2, 0.25) is 3.79 Å². The lowest BCUT2D eigenvalue weighted by Gasteiger charge is -2.18. The summed E-state index contributed by atoms with van der Waals surface area (Å²) in [5.74, 6) is 0.626. The van der Waals surface area contributed by atoms with E-state index in [1.165, 1.54) is 0 Å². The lowest BCUT2D eigenvalue weighted by molar-refractivity contribution is 0.110. The molecule has 1 unspecified atom stereocenters. The zero-order chi connectivity index (χ0) is 10.6. The molecule has 2 nitrogen and oxygen atoms in total. The number of ether oxygens (including phenoxy) is 1. The highest BCUT2D eigenvalue weighted by atomic mass is 35.6. The second kappa shape index (κ2) is 5.08. The highest BCUT2D eigenvalue weighted by Crippen LogP contribution is 2.30. The molecule has 0 spiro atoms. The third-order valence-electron chi connectivity index (χ3n) is 1.53. The minimum atomic E-state index is -1.71. The van der Waals surface area contributed by atoms with Gasteiger partial charge < -0.3 is 9.84 Å². The third-order valence-corrected chi connectivity index (χ3v) is 2.28. The van der Waals surface area contributed by atoms with Crippen LogP contribution < -0.4 is 4.74 Å². The first kappa shape index (κ1) is 11.9. The van der Waals surface area contributed by atoms with Crippen molar-refractivity contribution < 1.29 is 9.84 Å².